The van der Waals surface area contributed by atoms with E-state index in [4.69, 9.17) is 9.47 Å². The summed E-state index contributed by atoms with van der Waals surface area (Å²) in [5.74, 6) is -0.303. The van der Waals surface area contributed by atoms with Crippen LogP contribution in [0.15, 0.2) is 60.7 Å². The minimum atomic E-state index is -0.485. The number of rotatable bonds is 3. The Kier molecular flexibility index (Phi) is 5.59. The number of carbonyl (C=O) groups is 2. The molecule has 1 aliphatic carbocycles. The predicted octanol–water partition coefficient (Wildman–Crippen LogP) is 3.66. The third-order valence-electron chi connectivity index (χ3n) is 4.17. The van der Waals surface area contributed by atoms with Crippen LogP contribution in [0, 0.1) is 11.5 Å². The van der Waals surface area contributed by atoms with Gasteiger partial charge in [0.15, 0.2) is 0 Å². The van der Waals surface area contributed by atoms with E-state index >= 15 is 0 Å². The molecule has 2 aliphatic rings. The Labute approximate surface area is 159 Å². The average Bonchev–Trinajstić information content (AvgIpc) is 2.73. The molecular formula is C20H17O4Rh-. The molecule has 2 unspecified atom stereocenters. The van der Waals surface area contributed by atoms with Crippen LogP contribution in [0.4, 0.5) is 0 Å². The van der Waals surface area contributed by atoms with E-state index in [0.717, 1.165) is 5.56 Å². The molecule has 25 heavy (non-hydrogen) atoms. The summed E-state index contributed by atoms with van der Waals surface area (Å²) in [5.41, 5.74) is 0.792. The van der Waals surface area contributed by atoms with Gasteiger partial charge in [-0.15, -0.1) is 17.6 Å². The normalized spacial score (nSPS) is 23.7. The Bertz CT molecular complexity index is 819. The zero-order valence-corrected chi connectivity index (χ0v) is 15.5. The van der Waals surface area contributed by atoms with Gasteiger partial charge in [0, 0.05) is 31.1 Å². The average molecular weight is 424 g/mol. The number of fused-ring (bicyclic) bond motifs is 1. The standard InChI is InChI=1S/C20H17O4.Rh/c1-4-20(3)10-5-6-14(9-11-20)19(22)23-15-7-8-16-13(2)18(21)24-17(16)12-15;/h5-13H,1H2,2-3H3;/q-1;. The third-order valence-corrected chi connectivity index (χ3v) is 4.17. The molecule has 1 heterocycles. The fraction of sp³-hybridized carbons (Fsp3) is 0.200. The predicted molar refractivity (Wildman–Crippen MR) is 89.5 cm³/mol. The van der Waals surface area contributed by atoms with E-state index in [1.807, 2.05) is 19.1 Å². The summed E-state index contributed by atoms with van der Waals surface area (Å²) < 4.78 is 10.6. The molecule has 1 aliphatic heterocycles. The van der Waals surface area contributed by atoms with Crippen molar-refractivity contribution in [2.24, 2.45) is 5.41 Å². The number of benzene rings is 1. The Morgan fingerprint density at radius 2 is 2.12 bits per heavy atom. The van der Waals surface area contributed by atoms with E-state index in [0.29, 0.717) is 17.1 Å². The number of carbonyl (C=O) groups excluding carboxylic acids is 2. The zero-order chi connectivity index (χ0) is 17.3. The summed E-state index contributed by atoms with van der Waals surface area (Å²) in [4.78, 5) is 23.9. The minimum absolute atomic E-state index is 0. The van der Waals surface area contributed by atoms with Crippen molar-refractivity contribution in [2.75, 3.05) is 0 Å². The summed E-state index contributed by atoms with van der Waals surface area (Å²) in [6, 6.07) is 4.97. The van der Waals surface area contributed by atoms with Crippen LogP contribution in [0.3, 0.4) is 0 Å². The van der Waals surface area contributed by atoms with Gasteiger partial charge in [-0.05, 0) is 19.1 Å². The first kappa shape index (κ1) is 19.1. The molecule has 4 nitrogen and oxygen atoms in total. The molecule has 2 atom stereocenters. The van der Waals surface area contributed by atoms with Crippen LogP contribution in [0.2, 0.25) is 0 Å². The molecule has 0 fully saturated rings. The van der Waals surface area contributed by atoms with Gasteiger partial charge in [0.1, 0.15) is 11.5 Å². The molecule has 1 aromatic carbocycles. The van der Waals surface area contributed by atoms with Crippen LogP contribution in [0.1, 0.15) is 25.3 Å². The van der Waals surface area contributed by atoms with Crippen molar-refractivity contribution in [3.63, 3.8) is 0 Å². The SMILES string of the molecule is C=[C-]C1(C)C=CC=C(C(=O)Oc2ccc3c(c2)OC(=O)C3C)C=C1.[Rh]. The first-order valence-electron chi connectivity index (χ1n) is 7.63. The molecule has 1 aromatic rings. The Balaban J connectivity index is 0.00000225. The fourth-order valence-electron chi connectivity index (χ4n) is 2.49. The maximum absolute atomic E-state index is 12.3. The van der Waals surface area contributed by atoms with Crippen LogP contribution in [0.5, 0.6) is 11.5 Å². The van der Waals surface area contributed by atoms with Gasteiger partial charge in [-0.25, -0.2) is 4.79 Å². The van der Waals surface area contributed by atoms with Gasteiger partial charge in [0.05, 0.1) is 11.5 Å². The van der Waals surface area contributed by atoms with Crippen LogP contribution in [-0.2, 0) is 29.1 Å². The smallest absolute Gasteiger partial charge is 0.343 e. The molecular weight excluding hydrogens is 407 g/mol. The molecule has 0 amide bonds. The van der Waals surface area contributed by atoms with Crippen LogP contribution >= 0.6 is 0 Å². The molecule has 131 valence electrons. The quantitative estimate of drug-likeness (QED) is 0.322. The van der Waals surface area contributed by atoms with Gasteiger partial charge in [0.2, 0.25) is 0 Å². The van der Waals surface area contributed by atoms with Gasteiger partial charge in [-0.2, -0.15) is 0 Å². The van der Waals surface area contributed by atoms with E-state index in [2.05, 4.69) is 12.7 Å². The van der Waals surface area contributed by atoms with Gasteiger partial charge >= 0.3 is 11.9 Å². The number of ether oxygens (including phenoxy) is 2. The molecule has 0 N–H and O–H groups in total. The second-order valence-corrected chi connectivity index (χ2v) is 6.01. The van der Waals surface area contributed by atoms with Crippen molar-refractivity contribution in [3.8, 4) is 11.5 Å². The number of hydrogen-bond donors (Lipinski definition) is 0. The summed E-state index contributed by atoms with van der Waals surface area (Å²) in [6.07, 6.45) is 11.8. The van der Waals surface area contributed by atoms with Gasteiger partial charge in [-0.3, -0.25) is 11.4 Å². The third kappa shape index (κ3) is 3.88. The minimum Gasteiger partial charge on any atom is -0.490 e. The van der Waals surface area contributed by atoms with Crippen molar-refractivity contribution in [2.45, 2.75) is 19.8 Å². The van der Waals surface area contributed by atoms with Gasteiger partial charge < -0.3 is 15.5 Å². The summed E-state index contributed by atoms with van der Waals surface area (Å²) in [6.45, 7) is 7.39. The largest absolute Gasteiger partial charge is 0.490 e. The molecule has 0 spiro atoms. The maximum atomic E-state index is 12.3. The van der Waals surface area contributed by atoms with Crippen molar-refractivity contribution in [1.29, 1.82) is 0 Å². The van der Waals surface area contributed by atoms with Gasteiger partial charge in [0.25, 0.3) is 0 Å². The van der Waals surface area contributed by atoms with E-state index in [-0.39, 0.29) is 31.4 Å². The van der Waals surface area contributed by atoms with E-state index in [1.165, 1.54) is 0 Å². The molecule has 0 saturated carbocycles. The topological polar surface area (TPSA) is 52.6 Å². The number of esters is 2. The second-order valence-electron chi connectivity index (χ2n) is 6.01. The monoisotopic (exact) mass is 424 g/mol. The molecule has 0 saturated heterocycles. The molecule has 3 rings (SSSR count). The molecule has 5 heteroatoms. The van der Waals surface area contributed by atoms with Crippen molar-refractivity contribution >= 4 is 11.9 Å². The molecule has 0 aromatic heterocycles. The van der Waals surface area contributed by atoms with Crippen molar-refractivity contribution in [3.05, 3.63) is 72.4 Å². The Hall–Kier alpha value is -2.26. The van der Waals surface area contributed by atoms with Crippen LogP contribution in [-0.4, -0.2) is 11.9 Å². The van der Waals surface area contributed by atoms with E-state index in [1.54, 1.807) is 43.4 Å². The number of allylic oxidation sites excluding steroid dienone is 5. The zero-order valence-electron chi connectivity index (χ0n) is 13.9. The van der Waals surface area contributed by atoms with Crippen LogP contribution in [0.25, 0.3) is 0 Å². The first-order chi connectivity index (χ1) is 11.4. The Morgan fingerprint density at radius 3 is 2.84 bits per heavy atom. The van der Waals surface area contributed by atoms with Crippen molar-refractivity contribution in [1.82, 2.24) is 0 Å². The fourth-order valence-corrected chi connectivity index (χ4v) is 2.49. The van der Waals surface area contributed by atoms with E-state index < -0.39 is 11.4 Å². The summed E-state index contributed by atoms with van der Waals surface area (Å²) >= 11 is 0. The van der Waals surface area contributed by atoms with Crippen LogP contribution < -0.4 is 9.47 Å². The summed E-state index contributed by atoms with van der Waals surface area (Å²) in [7, 11) is 0. The molecule has 1 radical (unpaired) electrons. The maximum Gasteiger partial charge on any atom is 0.343 e. The number of hydrogen-bond acceptors (Lipinski definition) is 4. The van der Waals surface area contributed by atoms with E-state index in [9.17, 15) is 9.59 Å². The Morgan fingerprint density at radius 1 is 1.36 bits per heavy atom. The molecule has 0 bridgehead atoms. The second kappa shape index (κ2) is 7.32. The summed E-state index contributed by atoms with van der Waals surface area (Å²) in [5, 5.41) is 0. The van der Waals surface area contributed by atoms with Gasteiger partial charge in [-0.1, -0.05) is 25.1 Å². The first-order valence-corrected chi connectivity index (χ1v) is 7.63. The van der Waals surface area contributed by atoms with Crippen molar-refractivity contribution < 1.29 is 38.5 Å².